The van der Waals surface area contributed by atoms with Gasteiger partial charge in [0.05, 0.1) is 4.90 Å². The second-order valence-corrected chi connectivity index (χ2v) is 11.7. The lowest BCUT2D eigenvalue weighted by Gasteiger charge is -2.25. The fraction of sp³-hybridized carbons (Fsp3) is 0.259. The van der Waals surface area contributed by atoms with Gasteiger partial charge in [0.1, 0.15) is 24.4 Å². The Morgan fingerprint density at radius 3 is 2.29 bits per heavy atom. The van der Waals surface area contributed by atoms with E-state index in [4.69, 9.17) is 27.9 Å². The van der Waals surface area contributed by atoms with Crippen molar-refractivity contribution in [1.29, 1.82) is 0 Å². The van der Waals surface area contributed by atoms with Crippen molar-refractivity contribution in [2.24, 2.45) is 0 Å². The number of halogens is 2. The van der Waals surface area contributed by atoms with Crippen LogP contribution in [0.25, 0.3) is 0 Å². The number of carboxylic acid groups (broad SMARTS) is 1. The number of benzene rings is 3. The largest absolute Gasteiger partial charge is 0.489 e. The molecule has 0 saturated carbocycles. The molecule has 1 aliphatic heterocycles. The predicted molar refractivity (Wildman–Crippen MR) is 144 cm³/mol. The Bertz CT molecular complexity index is 1380. The summed E-state index contributed by atoms with van der Waals surface area (Å²) in [6.07, 6.45) is 0.732. The van der Waals surface area contributed by atoms with Crippen LogP contribution in [-0.2, 0) is 32.6 Å². The molecule has 2 unspecified atom stereocenters. The topological polar surface area (TPSA) is 113 Å². The summed E-state index contributed by atoms with van der Waals surface area (Å²) in [7, 11) is -4.08. The van der Waals surface area contributed by atoms with Crippen molar-refractivity contribution in [1.82, 2.24) is 9.62 Å². The molecule has 38 heavy (non-hydrogen) atoms. The molecule has 1 saturated heterocycles. The number of carbonyl (C=O) groups excluding carboxylic acids is 1. The highest BCUT2D eigenvalue weighted by Crippen LogP contribution is 2.30. The van der Waals surface area contributed by atoms with E-state index in [1.807, 2.05) is 30.3 Å². The van der Waals surface area contributed by atoms with Gasteiger partial charge in [-0.1, -0.05) is 65.7 Å². The molecule has 1 heterocycles. The minimum atomic E-state index is -4.08. The smallest absolute Gasteiger partial charge is 0.326 e. The molecular weight excluding hydrogens is 551 g/mol. The molecule has 0 aromatic heterocycles. The van der Waals surface area contributed by atoms with E-state index in [1.54, 1.807) is 24.3 Å². The van der Waals surface area contributed by atoms with E-state index < -0.39 is 34.0 Å². The molecule has 3 aromatic carbocycles. The quantitative estimate of drug-likeness (QED) is 0.366. The zero-order valence-corrected chi connectivity index (χ0v) is 22.5. The van der Waals surface area contributed by atoms with Crippen LogP contribution in [0.5, 0.6) is 5.75 Å². The maximum atomic E-state index is 13.2. The molecule has 200 valence electrons. The van der Waals surface area contributed by atoms with E-state index in [9.17, 15) is 23.1 Å². The van der Waals surface area contributed by atoms with Crippen molar-refractivity contribution in [3.05, 3.63) is 94.0 Å². The van der Waals surface area contributed by atoms with Gasteiger partial charge in [0, 0.05) is 23.0 Å². The average molecular weight is 577 g/mol. The van der Waals surface area contributed by atoms with Crippen molar-refractivity contribution in [2.75, 3.05) is 6.54 Å². The number of hydrogen-bond acceptors (Lipinski definition) is 5. The molecule has 0 aliphatic carbocycles. The second kappa shape index (κ2) is 12.2. The molecule has 0 spiro atoms. The number of sulfonamides is 1. The lowest BCUT2D eigenvalue weighted by Crippen LogP contribution is -2.51. The Morgan fingerprint density at radius 2 is 1.66 bits per heavy atom. The summed E-state index contributed by atoms with van der Waals surface area (Å²) >= 11 is 12.0. The van der Waals surface area contributed by atoms with Crippen LogP contribution in [0.1, 0.15) is 24.0 Å². The summed E-state index contributed by atoms with van der Waals surface area (Å²) in [6, 6.07) is 18.3. The SMILES string of the molecule is O=C(O)C(Cc1ccc(OCc2ccccc2)cc1)NC(=O)C1CCCN1S(=O)(=O)c1cc(Cl)cc(Cl)c1. The van der Waals surface area contributed by atoms with Crippen LogP contribution >= 0.6 is 23.2 Å². The zero-order valence-electron chi connectivity index (χ0n) is 20.2. The van der Waals surface area contributed by atoms with Crippen LogP contribution in [0.3, 0.4) is 0 Å². The predicted octanol–water partition coefficient (Wildman–Crippen LogP) is 4.54. The van der Waals surface area contributed by atoms with Crippen LogP contribution in [0.4, 0.5) is 0 Å². The normalized spacial score (nSPS) is 16.6. The number of amides is 1. The Morgan fingerprint density at radius 1 is 1.00 bits per heavy atom. The molecule has 0 bridgehead atoms. The van der Waals surface area contributed by atoms with Gasteiger partial charge in [0.15, 0.2) is 0 Å². The first-order valence-corrected chi connectivity index (χ1v) is 14.1. The molecule has 1 amide bonds. The lowest BCUT2D eigenvalue weighted by atomic mass is 10.1. The van der Waals surface area contributed by atoms with Crippen LogP contribution in [-0.4, -0.2) is 48.3 Å². The van der Waals surface area contributed by atoms with Gasteiger partial charge < -0.3 is 15.2 Å². The van der Waals surface area contributed by atoms with E-state index in [0.29, 0.717) is 24.3 Å². The minimum absolute atomic E-state index is 0.0173. The Labute approximate surface area is 231 Å². The number of ether oxygens (including phenoxy) is 1. The molecule has 2 atom stereocenters. The van der Waals surface area contributed by atoms with Crippen molar-refractivity contribution in [3.8, 4) is 5.75 Å². The van der Waals surface area contributed by atoms with Crippen molar-refractivity contribution >= 4 is 45.1 Å². The summed E-state index contributed by atoms with van der Waals surface area (Å²) in [4.78, 5) is 24.9. The van der Waals surface area contributed by atoms with E-state index in [2.05, 4.69) is 5.32 Å². The van der Waals surface area contributed by atoms with Gasteiger partial charge in [0.25, 0.3) is 0 Å². The van der Waals surface area contributed by atoms with Crippen LogP contribution in [0.2, 0.25) is 10.0 Å². The first-order chi connectivity index (χ1) is 18.1. The van der Waals surface area contributed by atoms with Crippen LogP contribution in [0.15, 0.2) is 77.7 Å². The molecular formula is C27H26Cl2N2O6S. The van der Waals surface area contributed by atoms with Gasteiger partial charge in [-0.05, 0) is 54.3 Å². The summed E-state index contributed by atoms with van der Waals surface area (Å²) in [6.45, 7) is 0.517. The number of hydrogen-bond donors (Lipinski definition) is 2. The van der Waals surface area contributed by atoms with Crippen molar-refractivity contribution in [3.63, 3.8) is 0 Å². The van der Waals surface area contributed by atoms with E-state index in [1.165, 1.54) is 18.2 Å². The molecule has 0 radical (unpaired) electrons. The van der Waals surface area contributed by atoms with Gasteiger partial charge in [-0.25, -0.2) is 13.2 Å². The number of rotatable bonds is 10. The molecule has 4 rings (SSSR count). The maximum Gasteiger partial charge on any atom is 0.326 e. The summed E-state index contributed by atoms with van der Waals surface area (Å²) in [5.41, 5.74) is 1.70. The van der Waals surface area contributed by atoms with Gasteiger partial charge in [-0.2, -0.15) is 4.31 Å². The highest BCUT2D eigenvalue weighted by Gasteiger charge is 2.40. The van der Waals surface area contributed by atoms with E-state index in [0.717, 1.165) is 9.87 Å². The third-order valence-corrected chi connectivity index (χ3v) is 8.50. The van der Waals surface area contributed by atoms with Gasteiger partial charge >= 0.3 is 5.97 Å². The van der Waals surface area contributed by atoms with E-state index >= 15 is 0 Å². The molecule has 2 N–H and O–H groups in total. The Balaban J connectivity index is 1.41. The van der Waals surface area contributed by atoms with Crippen molar-refractivity contribution < 1.29 is 27.9 Å². The lowest BCUT2D eigenvalue weighted by molar-refractivity contribution is -0.142. The fourth-order valence-corrected chi connectivity index (χ4v) is 6.65. The number of carboxylic acids is 1. The average Bonchev–Trinajstić information content (AvgIpc) is 3.39. The van der Waals surface area contributed by atoms with E-state index in [-0.39, 0.29) is 34.3 Å². The van der Waals surface area contributed by atoms with Crippen LogP contribution in [0, 0.1) is 0 Å². The molecule has 11 heteroatoms. The molecule has 3 aromatic rings. The second-order valence-electron chi connectivity index (χ2n) is 8.90. The number of nitrogens with zero attached hydrogens (tertiary/aromatic N) is 1. The standard InChI is InChI=1S/C27H26Cl2N2O6S/c28-20-14-21(29)16-23(15-20)38(35,36)31-12-4-7-25(31)26(32)30-24(27(33)34)13-18-8-10-22(11-9-18)37-17-19-5-2-1-3-6-19/h1-3,5-6,8-11,14-16,24-25H,4,7,12-13,17H2,(H,30,32)(H,33,34). The zero-order chi connectivity index (χ0) is 27.3. The first-order valence-electron chi connectivity index (χ1n) is 11.9. The number of aliphatic carboxylic acids is 1. The third kappa shape index (κ3) is 6.85. The van der Waals surface area contributed by atoms with Crippen LogP contribution < -0.4 is 10.1 Å². The monoisotopic (exact) mass is 576 g/mol. The summed E-state index contributed by atoms with van der Waals surface area (Å²) < 4.78 is 33.3. The number of carbonyl (C=O) groups is 2. The highest BCUT2D eigenvalue weighted by molar-refractivity contribution is 7.89. The Kier molecular flexibility index (Phi) is 8.94. The van der Waals surface area contributed by atoms with Gasteiger partial charge in [-0.3, -0.25) is 4.79 Å². The molecule has 8 nitrogen and oxygen atoms in total. The highest BCUT2D eigenvalue weighted by atomic mass is 35.5. The Hall–Kier alpha value is -3.11. The first kappa shape index (κ1) is 27.9. The third-order valence-electron chi connectivity index (χ3n) is 6.18. The minimum Gasteiger partial charge on any atom is -0.489 e. The number of nitrogens with one attached hydrogen (secondary N) is 1. The molecule has 1 aliphatic rings. The van der Waals surface area contributed by atoms with Crippen molar-refractivity contribution in [2.45, 2.75) is 42.8 Å². The summed E-state index contributed by atoms with van der Waals surface area (Å²) in [5, 5.41) is 12.6. The fourth-order valence-electron chi connectivity index (χ4n) is 4.27. The summed E-state index contributed by atoms with van der Waals surface area (Å²) in [5.74, 6) is -1.27. The van der Waals surface area contributed by atoms with Gasteiger partial charge in [-0.15, -0.1) is 0 Å². The molecule has 1 fully saturated rings. The maximum absolute atomic E-state index is 13.2. The van der Waals surface area contributed by atoms with Gasteiger partial charge in [0.2, 0.25) is 15.9 Å².